The molecule has 0 aliphatic carbocycles. The Hall–Kier alpha value is -2.69. The molecule has 124 valence electrons. The minimum atomic E-state index is -0.592. The van der Waals surface area contributed by atoms with E-state index in [4.69, 9.17) is 4.74 Å². The first kappa shape index (κ1) is 17.7. The van der Waals surface area contributed by atoms with Crippen LogP contribution in [0, 0.1) is 13.7 Å². The number of ether oxygens (including phenoxy) is 1. The first-order chi connectivity index (χ1) is 11.5. The predicted molar refractivity (Wildman–Crippen MR) is 95.2 cm³/mol. The van der Waals surface area contributed by atoms with Crippen LogP contribution in [0.5, 0.6) is 11.5 Å². The van der Waals surface area contributed by atoms with Gasteiger partial charge in [-0.3, -0.25) is 14.9 Å². The molecule has 0 unspecified atom stereocenters. The van der Waals surface area contributed by atoms with Crippen molar-refractivity contribution in [1.82, 2.24) is 5.43 Å². The molecule has 0 radical (unpaired) electrons. The highest BCUT2D eigenvalue weighted by molar-refractivity contribution is 14.1. The molecule has 0 saturated heterocycles. The number of hydrogen-bond acceptors (Lipinski definition) is 6. The van der Waals surface area contributed by atoms with Gasteiger partial charge in [-0.05, 0) is 46.9 Å². The highest BCUT2D eigenvalue weighted by Gasteiger charge is 2.14. The fourth-order valence-corrected chi connectivity index (χ4v) is 2.22. The number of hydrazone groups is 1. The topological polar surface area (TPSA) is 114 Å². The second kappa shape index (κ2) is 8.24. The summed E-state index contributed by atoms with van der Waals surface area (Å²) in [4.78, 5) is 21.9. The smallest absolute Gasteiger partial charge is 0.310 e. The number of nitro groups is 1. The molecule has 2 N–H and O–H groups in total. The third kappa shape index (κ3) is 4.91. The second-order valence-corrected chi connectivity index (χ2v) is 5.76. The Morgan fingerprint density at radius 1 is 1.38 bits per heavy atom. The molecule has 2 aromatic carbocycles. The zero-order valence-corrected chi connectivity index (χ0v) is 14.3. The van der Waals surface area contributed by atoms with Crippen LogP contribution in [0.25, 0.3) is 0 Å². The van der Waals surface area contributed by atoms with Gasteiger partial charge in [-0.1, -0.05) is 12.1 Å². The van der Waals surface area contributed by atoms with Crippen molar-refractivity contribution in [3.63, 3.8) is 0 Å². The summed E-state index contributed by atoms with van der Waals surface area (Å²) in [5, 5.41) is 24.2. The van der Waals surface area contributed by atoms with Gasteiger partial charge in [-0.15, -0.1) is 0 Å². The zero-order valence-electron chi connectivity index (χ0n) is 12.2. The van der Waals surface area contributed by atoms with Crippen LogP contribution < -0.4 is 10.2 Å². The summed E-state index contributed by atoms with van der Waals surface area (Å²) in [5.74, 6) is -0.559. The number of phenolic OH excluding ortho intramolecular Hbond substituents is 1. The number of amides is 1. The van der Waals surface area contributed by atoms with Crippen molar-refractivity contribution in [2.45, 2.75) is 0 Å². The lowest BCUT2D eigenvalue weighted by atomic mass is 10.2. The number of benzene rings is 2. The lowest BCUT2D eigenvalue weighted by Crippen LogP contribution is -2.24. The van der Waals surface area contributed by atoms with E-state index in [1.165, 1.54) is 30.5 Å². The fourth-order valence-electron chi connectivity index (χ4n) is 1.71. The van der Waals surface area contributed by atoms with Gasteiger partial charge in [0, 0.05) is 15.2 Å². The summed E-state index contributed by atoms with van der Waals surface area (Å²) in [5.41, 5.74) is 2.44. The maximum absolute atomic E-state index is 11.7. The molecule has 0 aliphatic heterocycles. The minimum absolute atomic E-state index is 0.00288. The predicted octanol–water partition coefficient (Wildman–Crippen LogP) is 2.43. The van der Waals surface area contributed by atoms with Crippen molar-refractivity contribution in [3.05, 3.63) is 61.7 Å². The van der Waals surface area contributed by atoms with E-state index >= 15 is 0 Å². The van der Waals surface area contributed by atoms with Gasteiger partial charge in [0.2, 0.25) is 0 Å². The Kier molecular flexibility index (Phi) is 6.07. The largest absolute Gasteiger partial charge is 0.507 e. The SMILES string of the molecule is O=C(COc1ccccc1[N+](=O)[O-])N/N=C/c1cc(I)ccc1O. The highest BCUT2D eigenvalue weighted by Crippen LogP contribution is 2.25. The van der Waals surface area contributed by atoms with Gasteiger partial charge >= 0.3 is 5.69 Å². The van der Waals surface area contributed by atoms with Crippen LogP contribution in [0.4, 0.5) is 5.69 Å². The van der Waals surface area contributed by atoms with Crippen LogP contribution in [0.3, 0.4) is 0 Å². The van der Waals surface area contributed by atoms with Crippen molar-refractivity contribution in [2.75, 3.05) is 6.61 Å². The van der Waals surface area contributed by atoms with Crippen LogP contribution in [0.15, 0.2) is 47.6 Å². The quantitative estimate of drug-likeness (QED) is 0.310. The first-order valence-corrected chi connectivity index (χ1v) is 7.72. The number of nitrogens with one attached hydrogen (secondary N) is 1. The molecule has 0 saturated carbocycles. The number of hydrogen-bond donors (Lipinski definition) is 2. The number of nitro benzene ring substituents is 1. The Balaban J connectivity index is 1.91. The van der Waals surface area contributed by atoms with Gasteiger partial charge in [0.05, 0.1) is 11.1 Å². The third-order valence-corrected chi connectivity index (χ3v) is 3.47. The summed E-state index contributed by atoms with van der Waals surface area (Å²) in [6.07, 6.45) is 1.29. The van der Waals surface area contributed by atoms with Crippen molar-refractivity contribution in [2.24, 2.45) is 5.10 Å². The first-order valence-electron chi connectivity index (χ1n) is 6.64. The average molecular weight is 441 g/mol. The van der Waals surface area contributed by atoms with E-state index in [9.17, 15) is 20.0 Å². The standard InChI is InChI=1S/C15H12IN3O5/c16-11-5-6-13(20)10(7-11)8-17-18-15(21)9-24-14-4-2-1-3-12(14)19(22)23/h1-8,20H,9H2,(H,18,21)/b17-8+. The van der Waals surface area contributed by atoms with Crippen LogP contribution >= 0.6 is 22.6 Å². The normalized spacial score (nSPS) is 10.5. The van der Waals surface area contributed by atoms with Crippen LogP contribution in [0.2, 0.25) is 0 Å². The Morgan fingerprint density at radius 2 is 2.12 bits per heavy atom. The van der Waals surface area contributed by atoms with Crippen molar-refractivity contribution in [1.29, 1.82) is 0 Å². The third-order valence-electron chi connectivity index (χ3n) is 2.80. The van der Waals surface area contributed by atoms with Gasteiger partial charge < -0.3 is 9.84 Å². The maximum Gasteiger partial charge on any atom is 0.310 e. The lowest BCUT2D eigenvalue weighted by Gasteiger charge is -2.05. The number of phenols is 1. The molecule has 0 aliphatic rings. The number of nitrogens with zero attached hydrogens (tertiary/aromatic N) is 2. The summed E-state index contributed by atoms with van der Waals surface area (Å²) in [6, 6.07) is 10.7. The van der Waals surface area contributed by atoms with Crippen molar-refractivity contribution < 1.29 is 19.6 Å². The molecule has 9 heteroatoms. The summed E-state index contributed by atoms with van der Waals surface area (Å²) in [6.45, 7) is -0.430. The summed E-state index contributed by atoms with van der Waals surface area (Å²) < 4.78 is 6.03. The molecular formula is C15H12IN3O5. The molecule has 2 aromatic rings. The summed E-state index contributed by atoms with van der Waals surface area (Å²) >= 11 is 2.08. The van der Waals surface area contributed by atoms with Crippen molar-refractivity contribution in [3.8, 4) is 11.5 Å². The highest BCUT2D eigenvalue weighted by atomic mass is 127. The second-order valence-electron chi connectivity index (χ2n) is 4.51. The van der Waals surface area contributed by atoms with E-state index in [0.717, 1.165) is 3.57 Å². The molecule has 0 bridgehead atoms. The van der Waals surface area contributed by atoms with E-state index in [-0.39, 0.29) is 17.2 Å². The number of carbonyl (C=O) groups is 1. The van der Waals surface area contributed by atoms with E-state index in [0.29, 0.717) is 5.56 Å². The Morgan fingerprint density at radius 3 is 2.88 bits per heavy atom. The minimum Gasteiger partial charge on any atom is -0.507 e. The number of halogens is 1. The van der Waals surface area contributed by atoms with E-state index in [1.807, 2.05) is 0 Å². The van der Waals surface area contributed by atoms with Crippen LogP contribution in [0.1, 0.15) is 5.56 Å². The molecule has 0 atom stereocenters. The van der Waals surface area contributed by atoms with E-state index in [1.54, 1.807) is 18.2 Å². The molecule has 0 aromatic heterocycles. The number of rotatable bonds is 6. The van der Waals surface area contributed by atoms with Gasteiger partial charge in [0.25, 0.3) is 5.91 Å². The fraction of sp³-hybridized carbons (Fsp3) is 0.0667. The Bertz CT molecular complexity index is 794. The van der Waals surface area contributed by atoms with Crippen LogP contribution in [-0.2, 0) is 4.79 Å². The molecule has 0 heterocycles. The number of aromatic hydroxyl groups is 1. The maximum atomic E-state index is 11.7. The van der Waals surface area contributed by atoms with Gasteiger partial charge in [0.1, 0.15) is 5.75 Å². The zero-order chi connectivity index (χ0) is 17.5. The molecule has 2 rings (SSSR count). The Labute approximate surface area is 150 Å². The molecule has 1 amide bonds. The number of carbonyl (C=O) groups excluding carboxylic acids is 1. The van der Waals surface area contributed by atoms with Crippen molar-refractivity contribution >= 4 is 40.4 Å². The van der Waals surface area contributed by atoms with Gasteiger partial charge in [0.15, 0.2) is 12.4 Å². The van der Waals surface area contributed by atoms with Gasteiger partial charge in [-0.2, -0.15) is 5.10 Å². The van der Waals surface area contributed by atoms with Gasteiger partial charge in [-0.25, -0.2) is 5.43 Å². The van der Waals surface area contributed by atoms with E-state index < -0.39 is 17.4 Å². The molecule has 24 heavy (non-hydrogen) atoms. The summed E-state index contributed by atoms with van der Waals surface area (Å²) in [7, 11) is 0. The number of para-hydroxylation sites is 2. The molecule has 0 fully saturated rings. The molecular weight excluding hydrogens is 429 g/mol. The monoisotopic (exact) mass is 441 g/mol. The van der Waals surface area contributed by atoms with E-state index in [2.05, 4.69) is 33.1 Å². The molecule has 8 nitrogen and oxygen atoms in total. The van der Waals surface area contributed by atoms with Crippen LogP contribution in [-0.4, -0.2) is 28.8 Å². The lowest BCUT2D eigenvalue weighted by molar-refractivity contribution is -0.385. The molecule has 0 spiro atoms. The average Bonchev–Trinajstić information content (AvgIpc) is 2.56.